The third-order valence-corrected chi connectivity index (χ3v) is 26.1. The molecule has 0 aliphatic heterocycles. The second-order valence-corrected chi connectivity index (χ2v) is 31.6. The van der Waals surface area contributed by atoms with Crippen LogP contribution in [0.15, 0.2) is 0 Å². The maximum atomic E-state index is 11.6. The van der Waals surface area contributed by atoms with Gasteiger partial charge in [-0.15, -0.1) is 0 Å². The molecule has 14 heteroatoms. The van der Waals surface area contributed by atoms with Crippen molar-refractivity contribution in [2.75, 3.05) is 34.5 Å². The molecule has 0 fully saturated rings. The lowest BCUT2D eigenvalue weighted by atomic mass is 10.2. The number of carbonyl (C=O) groups is 6. The Morgan fingerprint density at radius 2 is 0.431 bits per heavy atom. The lowest BCUT2D eigenvalue weighted by molar-refractivity contribution is -0.109. The monoisotopic (exact) mass is 856 g/mol. The number of unbranched alkanes of at least 4 members (excludes halogenated alkanes) is 4. The summed E-state index contributed by atoms with van der Waals surface area (Å²) in [6.07, 6.45) is 12.6. The van der Waals surface area contributed by atoms with Crippen molar-refractivity contribution in [1.82, 2.24) is 0 Å². The fraction of sp³-hybridized carbons (Fsp3) is 0.838. The third kappa shape index (κ3) is 32.5. The van der Waals surface area contributed by atoms with Gasteiger partial charge >= 0.3 is 0 Å². The molecule has 0 aromatic heterocycles. The predicted molar refractivity (Wildman–Crippen MR) is 240 cm³/mol. The van der Waals surface area contributed by atoms with Gasteiger partial charge in [0.1, 0.15) is 0 Å². The summed E-state index contributed by atoms with van der Waals surface area (Å²) in [6, 6.07) is 9.93. The molecule has 0 heterocycles. The molecule has 0 amide bonds. The molecule has 296 valence electrons. The first-order valence-corrected chi connectivity index (χ1v) is 30.6. The Morgan fingerprint density at radius 3 is 0.608 bits per heavy atom. The van der Waals surface area contributed by atoms with Crippen molar-refractivity contribution in [1.29, 1.82) is 0 Å². The lowest BCUT2D eigenvalue weighted by Crippen LogP contribution is -2.34. The molecule has 6 nitrogen and oxygen atoms in total. The van der Waals surface area contributed by atoms with Gasteiger partial charge in [-0.2, -0.15) is 0 Å². The highest BCUT2D eigenvalue weighted by molar-refractivity contribution is 8.14. The summed E-state index contributed by atoms with van der Waals surface area (Å²) in [5.74, 6) is 5.30. The van der Waals surface area contributed by atoms with Gasteiger partial charge in [-0.25, -0.2) is 0 Å². The molecule has 0 N–H and O–H groups in total. The standard InChI is InChI=1S/C37H68O6S6Si2/c1-32(38)44-18-12-26-50(27-13-19-45-33(2)39,28-14-20-46-34(3)40)24-10-8-7-9-11-25-51(29-15-21-47-35(4)41,30-16-22-48-36(5)42)31-17-23-49-37(6)43/h7-31H2,1-6H3. The second kappa shape index (κ2) is 32.8. The summed E-state index contributed by atoms with van der Waals surface area (Å²) in [6.45, 7) is 9.89. The summed E-state index contributed by atoms with van der Waals surface area (Å²) < 4.78 is 0. The van der Waals surface area contributed by atoms with Gasteiger partial charge in [0, 0.05) is 76.1 Å². The van der Waals surface area contributed by atoms with Crippen LogP contribution in [0.2, 0.25) is 48.4 Å². The molecule has 51 heavy (non-hydrogen) atoms. The van der Waals surface area contributed by atoms with Crippen LogP contribution in [0.1, 0.15) is 112 Å². The Bertz CT molecular complexity index is 843. The summed E-state index contributed by atoms with van der Waals surface area (Å²) >= 11 is 8.63. The van der Waals surface area contributed by atoms with Gasteiger partial charge < -0.3 is 0 Å². The maximum absolute atomic E-state index is 11.6. The normalized spacial score (nSPS) is 11.9. The van der Waals surface area contributed by atoms with Crippen molar-refractivity contribution < 1.29 is 28.8 Å². The van der Waals surface area contributed by atoms with Gasteiger partial charge in [-0.3, -0.25) is 28.8 Å². The fourth-order valence-corrected chi connectivity index (χ4v) is 22.6. The largest absolute Gasteiger partial charge is 0.288 e. The Labute approximate surface area is 338 Å². The van der Waals surface area contributed by atoms with E-state index in [0.717, 1.165) is 73.0 Å². The molecule has 0 rings (SSSR count). The molecule has 0 bridgehead atoms. The topological polar surface area (TPSA) is 102 Å². The molecular weight excluding hydrogens is 789 g/mol. The number of rotatable bonds is 32. The summed E-state index contributed by atoms with van der Waals surface area (Å²) in [5, 5.41) is 1.11. The zero-order valence-corrected chi connectivity index (χ0v) is 39.5. The number of thioether (sulfide) groups is 6. The molecule has 0 aromatic rings. The molecule has 0 saturated heterocycles. The minimum atomic E-state index is -1.64. The molecule has 0 aliphatic rings. The van der Waals surface area contributed by atoms with Crippen LogP contribution in [-0.2, 0) is 28.8 Å². The smallest absolute Gasteiger partial charge is 0.185 e. The van der Waals surface area contributed by atoms with Crippen molar-refractivity contribution >= 4 is 117 Å². The van der Waals surface area contributed by atoms with E-state index in [-0.39, 0.29) is 30.7 Å². The molecule has 0 unspecified atom stereocenters. The minimum absolute atomic E-state index is 0.185. The molecule has 0 atom stereocenters. The highest BCUT2D eigenvalue weighted by Gasteiger charge is 2.32. The third-order valence-electron chi connectivity index (χ3n) is 9.35. The van der Waals surface area contributed by atoms with E-state index in [4.69, 9.17) is 0 Å². The lowest BCUT2D eigenvalue weighted by Gasteiger charge is -2.33. The predicted octanol–water partition coefficient (Wildman–Crippen LogP) is 11.9. The fourth-order valence-electron chi connectivity index (χ4n) is 7.01. The van der Waals surface area contributed by atoms with Crippen molar-refractivity contribution in [3.63, 3.8) is 0 Å². The molecule has 0 saturated carbocycles. The van der Waals surface area contributed by atoms with E-state index >= 15 is 0 Å². The van der Waals surface area contributed by atoms with Gasteiger partial charge in [0.05, 0.1) is 16.1 Å². The van der Waals surface area contributed by atoms with Crippen LogP contribution in [0.4, 0.5) is 0 Å². The van der Waals surface area contributed by atoms with Crippen molar-refractivity contribution in [2.45, 2.75) is 161 Å². The molecular formula is C37H68O6S6Si2. The van der Waals surface area contributed by atoms with Crippen LogP contribution in [-0.4, -0.2) is 81.4 Å². The van der Waals surface area contributed by atoms with E-state index in [2.05, 4.69) is 0 Å². The SMILES string of the molecule is CC(=O)SCCC[Si](CCCCCCC[Si](CCCSC(C)=O)(CCCSC(C)=O)CCCSC(C)=O)(CCCSC(C)=O)CCCSC(C)=O. The summed E-state index contributed by atoms with van der Waals surface area (Å²) in [4.78, 5) is 69.7. The van der Waals surface area contributed by atoms with Crippen molar-refractivity contribution in [3.8, 4) is 0 Å². The highest BCUT2D eigenvalue weighted by atomic mass is 32.2. The Hall–Kier alpha value is 0.554. The molecule has 0 radical (unpaired) electrons. The molecule has 0 aliphatic carbocycles. The highest BCUT2D eigenvalue weighted by Crippen LogP contribution is 2.36. The van der Waals surface area contributed by atoms with E-state index < -0.39 is 16.1 Å². The van der Waals surface area contributed by atoms with Gasteiger partial charge in [-0.1, -0.05) is 151 Å². The zero-order valence-electron chi connectivity index (χ0n) is 32.6. The Kier molecular flexibility index (Phi) is 33.1. The van der Waals surface area contributed by atoms with Crippen LogP contribution in [0.25, 0.3) is 0 Å². The minimum Gasteiger partial charge on any atom is -0.288 e. The van der Waals surface area contributed by atoms with E-state index in [9.17, 15) is 28.8 Å². The summed E-state index contributed by atoms with van der Waals surface area (Å²) in [7, 11) is -3.27. The van der Waals surface area contributed by atoms with Gasteiger partial charge in [0.15, 0.2) is 30.7 Å². The average molecular weight is 858 g/mol. The van der Waals surface area contributed by atoms with Gasteiger partial charge in [0.25, 0.3) is 0 Å². The van der Waals surface area contributed by atoms with Crippen LogP contribution in [0.5, 0.6) is 0 Å². The van der Waals surface area contributed by atoms with Crippen molar-refractivity contribution in [3.05, 3.63) is 0 Å². The zero-order chi connectivity index (χ0) is 38.4. The molecule has 0 spiro atoms. The number of hydrogen-bond acceptors (Lipinski definition) is 12. The van der Waals surface area contributed by atoms with Crippen LogP contribution >= 0.6 is 70.6 Å². The Morgan fingerprint density at radius 1 is 0.275 bits per heavy atom. The quantitative estimate of drug-likeness (QED) is 0.0475. The molecule has 0 aromatic carbocycles. The van der Waals surface area contributed by atoms with Crippen LogP contribution in [0, 0.1) is 0 Å². The van der Waals surface area contributed by atoms with Crippen LogP contribution in [0.3, 0.4) is 0 Å². The van der Waals surface area contributed by atoms with Crippen LogP contribution < -0.4 is 0 Å². The maximum Gasteiger partial charge on any atom is 0.185 e. The van der Waals surface area contributed by atoms with Gasteiger partial charge in [-0.05, 0) is 38.5 Å². The van der Waals surface area contributed by atoms with Crippen molar-refractivity contribution in [2.24, 2.45) is 0 Å². The first-order chi connectivity index (χ1) is 24.2. The van der Waals surface area contributed by atoms with E-state index in [1.54, 1.807) is 41.5 Å². The second-order valence-electron chi connectivity index (χ2n) is 13.9. The van der Waals surface area contributed by atoms with E-state index in [1.807, 2.05) is 0 Å². The average Bonchev–Trinajstić information content (AvgIpc) is 3.04. The van der Waals surface area contributed by atoms with E-state index in [0.29, 0.717) is 0 Å². The van der Waals surface area contributed by atoms with E-state index in [1.165, 1.54) is 151 Å². The first-order valence-electron chi connectivity index (χ1n) is 19.0. The first kappa shape index (κ1) is 51.6. The van der Waals surface area contributed by atoms with Gasteiger partial charge in [0.2, 0.25) is 0 Å². The summed E-state index contributed by atoms with van der Waals surface area (Å²) in [5.41, 5.74) is 0. The Balaban J connectivity index is 5.46. The number of hydrogen-bond donors (Lipinski definition) is 0. The number of carbonyl (C=O) groups excluding carboxylic acids is 6.